The molecule has 0 bridgehead atoms. The molecule has 0 unspecified atom stereocenters. The molecule has 0 radical (unpaired) electrons. The molecule has 0 saturated carbocycles. The quantitative estimate of drug-likeness (QED) is 0.409. The predicted octanol–water partition coefficient (Wildman–Crippen LogP) is 4.93. The van der Waals surface area contributed by atoms with Crippen LogP contribution in [0.25, 0.3) is 44.1 Å². The number of hydrogen-bond donors (Lipinski definition) is 0. The van der Waals surface area contributed by atoms with E-state index < -0.39 is 0 Å². The third-order valence-electron chi connectivity index (χ3n) is 4.85. The Balaban J connectivity index is 1.94. The lowest BCUT2D eigenvalue weighted by atomic mass is 10.0. The lowest BCUT2D eigenvalue weighted by molar-refractivity contribution is -0.660. The van der Waals surface area contributed by atoms with Crippen molar-refractivity contribution in [2.75, 3.05) is 0 Å². The first-order chi connectivity index (χ1) is 12.2. The van der Waals surface area contributed by atoms with Gasteiger partial charge in [-0.25, -0.2) is 4.57 Å². The maximum absolute atomic E-state index is 6.31. The Kier molecular flexibility index (Phi) is 2.92. The molecule has 0 saturated heterocycles. The molecule has 0 aliphatic carbocycles. The van der Waals surface area contributed by atoms with Gasteiger partial charge in [-0.05, 0) is 41.5 Å². The van der Waals surface area contributed by atoms with Crippen LogP contribution in [0.15, 0.2) is 71.4 Å². The molecular formula is C22H17N2O+. The Morgan fingerprint density at radius 3 is 2.52 bits per heavy atom. The lowest BCUT2D eigenvalue weighted by Gasteiger charge is -2.04. The van der Waals surface area contributed by atoms with Gasteiger partial charge in [-0.15, -0.1) is 0 Å². The van der Waals surface area contributed by atoms with Crippen molar-refractivity contribution >= 4 is 32.8 Å². The van der Waals surface area contributed by atoms with Crippen LogP contribution in [0.5, 0.6) is 0 Å². The molecule has 5 aromatic rings. The first kappa shape index (κ1) is 14.2. The molecule has 0 N–H and O–H groups in total. The zero-order valence-electron chi connectivity index (χ0n) is 14.2. The van der Waals surface area contributed by atoms with E-state index in [0.717, 1.165) is 38.9 Å². The molecule has 2 aromatic carbocycles. The van der Waals surface area contributed by atoms with E-state index >= 15 is 0 Å². The molecule has 0 amide bonds. The molecular weight excluding hydrogens is 308 g/mol. The molecule has 0 fully saturated rings. The van der Waals surface area contributed by atoms with Gasteiger partial charge in [0, 0.05) is 23.7 Å². The van der Waals surface area contributed by atoms with Crippen LogP contribution in [0.4, 0.5) is 0 Å². The summed E-state index contributed by atoms with van der Waals surface area (Å²) in [5.41, 5.74) is 5.99. The van der Waals surface area contributed by atoms with Crippen LogP contribution in [0.3, 0.4) is 0 Å². The first-order valence-corrected chi connectivity index (χ1v) is 8.38. The van der Waals surface area contributed by atoms with Gasteiger partial charge in [0.2, 0.25) is 5.69 Å². The van der Waals surface area contributed by atoms with E-state index in [-0.39, 0.29) is 0 Å². The summed E-state index contributed by atoms with van der Waals surface area (Å²) in [7, 11) is 2.05. The number of hydrogen-bond acceptors (Lipinski definition) is 2. The number of aryl methyl sites for hydroxylation is 2. The van der Waals surface area contributed by atoms with Crippen molar-refractivity contribution in [2.45, 2.75) is 6.92 Å². The molecule has 120 valence electrons. The van der Waals surface area contributed by atoms with Crippen molar-refractivity contribution in [2.24, 2.45) is 7.05 Å². The molecule has 5 rings (SSSR count). The average Bonchev–Trinajstić information content (AvgIpc) is 2.98. The van der Waals surface area contributed by atoms with E-state index in [4.69, 9.17) is 4.42 Å². The van der Waals surface area contributed by atoms with Gasteiger partial charge < -0.3 is 4.42 Å². The van der Waals surface area contributed by atoms with Crippen molar-refractivity contribution in [3.8, 4) is 11.3 Å². The van der Waals surface area contributed by atoms with Gasteiger partial charge >= 0.3 is 0 Å². The summed E-state index contributed by atoms with van der Waals surface area (Å²) in [5.74, 6) is 0. The zero-order chi connectivity index (χ0) is 17.0. The van der Waals surface area contributed by atoms with Crippen LogP contribution in [0.1, 0.15) is 5.56 Å². The Labute approximate surface area is 145 Å². The maximum Gasteiger partial charge on any atom is 0.216 e. The second kappa shape index (κ2) is 5.15. The third-order valence-corrected chi connectivity index (χ3v) is 4.85. The second-order valence-corrected chi connectivity index (χ2v) is 6.49. The Morgan fingerprint density at radius 1 is 0.960 bits per heavy atom. The van der Waals surface area contributed by atoms with Crippen molar-refractivity contribution in [1.29, 1.82) is 0 Å². The van der Waals surface area contributed by atoms with Gasteiger partial charge in [-0.1, -0.05) is 24.3 Å². The number of nitrogens with zero attached hydrogens (tertiary/aromatic N) is 2. The van der Waals surface area contributed by atoms with Gasteiger partial charge in [-0.2, -0.15) is 0 Å². The number of aromatic nitrogens is 2. The summed E-state index contributed by atoms with van der Waals surface area (Å²) in [4.78, 5) is 4.69. The molecule has 0 aliphatic rings. The molecule has 0 atom stereocenters. The predicted molar refractivity (Wildman–Crippen MR) is 100 cm³/mol. The van der Waals surface area contributed by atoms with E-state index in [1.165, 1.54) is 10.8 Å². The summed E-state index contributed by atoms with van der Waals surface area (Å²) < 4.78 is 8.42. The van der Waals surface area contributed by atoms with Crippen LogP contribution in [0, 0.1) is 6.92 Å². The van der Waals surface area contributed by atoms with Crippen LogP contribution < -0.4 is 4.57 Å². The monoisotopic (exact) mass is 325 g/mol. The third kappa shape index (κ3) is 2.06. The van der Waals surface area contributed by atoms with E-state index in [1.54, 1.807) is 0 Å². The molecule has 0 spiro atoms. The highest BCUT2D eigenvalue weighted by Crippen LogP contribution is 2.36. The van der Waals surface area contributed by atoms with Gasteiger partial charge in [0.25, 0.3) is 0 Å². The first-order valence-electron chi connectivity index (χ1n) is 8.38. The Hall–Kier alpha value is -3.20. The van der Waals surface area contributed by atoms with Crippen molar-refractivity contribution < 1.29 is 8.98 Å². The maximum atomic E-state index is 6.31. The molecule has 3 aromatic heterocycles. The summed E-state index contributed by atoms with van der Waals surface area (Å²) >= 11 is 0. The lowest BCUT2D eigenvalue weighted by Crippen LogP contribution is -2.30. The van der Waals surface area contributed by atoms with Gasteiger partial charge in [-0.3, -0.25) is 4.98 Å². The number of benzene rings is 2. The highest BCUT2D eigenvalue weighted by molar-refractivity contribution is 6.11. The van der Waals surface area contributed by atoms with E-state index in [0.29, 0.717) is 0 Å². The Bertz CT molecular complexity index is 1270. The van der Waals surface area contributed by atoms with Gasteiger partial charge in [0.1, 0.15) is 18.1 Å². The molecule has 3 nitrogen and oxygen atoms in total. The Morgan fingerprint density at radius 2 is 1.72 bits per heavy atom. The molecule has 0 aliphatic heterocycles. The van der Waals surface area contributed by atoms with Crippen LogP contribution in [-0.2, 0) is 7.05 Å². The fraction of sp³-hybridized carbons (Fsp3) is 0.0909. The fourth-order valence-corrected chi connectivity index (χ4v) is 3.57. The molecule has 25 heavy (non-hydrogen) atoms. The van der Waals surface area contributed by atoms with Crippen molar-refractivity contribution in [3.05, 3.63) is 72.6 Å². The topological polar surface area (TPSA) is 29.9 Å². The molecule has 3 heterocycles. The largest absolute Gasteiger partial charge is 0.453 e. The number of pyridine rings is 2. The SMILES string of the molecule is Cc1cnc2c(oc3cc4ccccc4cc32)c1-c1cccc[n+]1C. The minimum Gasteiger partial charge on any atom is -0.453 e. The highest BCUT2D eigenvalue weighted by Gasteiger charge is 2.21. The second-order valence-electron chi connectivity index (χ2n) is 6.49. The van der Waals surface area contributed by atoms with Crippen LogP contribution in [-0.4, -0.2) is 4.98 Å². The van der Waals surface area contributed by atoms with E-state index in [2.05, 4.69) is 78.3 Å². The summed E-state index contributed by atoms with van der Waals surface area (Å²) in [5, 5.41) is 3.44. The minimum atomic E-state index is 0.854. The van der Waals surface area contributed by atoms with Crippen LogP contribution in [0.2, 0.25) is 0 Å². The number of rotatable bonds is 1. The summed E-state index contributed by atoms with van der Waals surface area (Å²) in [6, 6.07) is 18.8. The van der Waals surface area contributed by atoms with Gasteiger partial charge in [0.05, 0.1) is 5.56 Å². The molecule has 3 heteroatoms. The van der Waals surface area contributed by atoms with Crippen molar-refractivity contribution in [1.82, 2.24) is 4.98 Å². The smallest absolute Gasteiger partial charge is 0.216 e. The highest BCUT2D eigenvalue weighted by atomic mass is 16.3. The average molecular weight is 325 g/mol. The standard InChI is InChI=1S/C22H17N2O/c1-14-13-23-21-17-11-15-7-3-4-8-16(15)12-19(17)25-22(21)20(14)18-9-5-6-10-24(18)2/h3-13H,1-2H3/q+1. The number of furan rings is 1. The van der Waals surface area contributed by atoms with E-state index in [9.17, 15) is 0 Å². The number of fused-ring (bicyclic) bond motifs is 4. The van der Waals surface area contributed by atoms with Crippen LogP contribution >= 0.6 is 0 Å². The fourth-order valence-electron chi connectivity index (χ4n) is 3.57. The zero-order valence-corrected chi connectivity index (χ0v) is 14.2. The minimum absolute atomic E-state index is 0.854. The van der Waals surface area contributed by atoms with E-state index in [1.807, 2.05) is 12.3 Å². The summed E-state index contributed by atoms with van der Waals surface area (Å²) in [6.45, 7) is 2.08. The van der Waals surface area contributed by atoms with Crippen molar-refractivity contribution in [3.63, 3.8) is 0 Å². The summed E-state index contributed by atoms with van der Waals surface area (Å²) in [6.07, 6.45) is 3.99. The van der Waals surface area contributed by atoms with Gasteiger partial charge in [0.15, 0.2) is 11.8 Å². The normalized spacial score (nSPS) is 11.6.